The van der Waals surface area contributed by atoms with E-state index in [-0.39, 0.29) is 12.2 Å². The summed E-state index contributed by atoms with van der Waals surface area (Å²) >= 11 is 0. The number of rotatable bonds is 1. The maximum atomic E-state index is 12.8. The second kappa shape index (κ2) is 3.90. The van der Waals surface area contributed by atoms with Crippen LogP contribution in [0.25, 0.3) is 0 Å². The van der Waals surface area contributed by atoms with Crippen molar-refractivity contribution in [1.82, 2.24) is 5.32 Å². The highest BCUT2D eigenvalue weighted by molar-refractivity contribution is 5.70. The first-order valence-electron chi connectivity index (χ1n) is 4.68. The average Bonchev–Trinajstić information content (AvgIpc) is 2.63. The number of alkyl carbamates (subject to hydrolysis) is 1. The molecular weight excluding hydrogens is 242 g/mol. The first-order chi connectivity index (χ1) is 7.88. The molecule has 1 N–H and O–H groups in total. The highest BCUT2D eigenvalue weighted by Gasteiger charge is 2.37. The SMILES string of the molecule is O=C1NC(c2ccc(F)cc2C(F)(F)F)CO1. The summed E-state index contributed by atoms with van der Waals surface area (Å²) in [6.45, 7) is -0.201. The van der Waals surface area contributed by atoms with E-state index in [2.05, 4.69) is 10.1 Å². The van der Waals surface area contributed by atoms with Gasteiger partial charge in [-0.2, -0.15) is 13.2 Å². The number of nitrogens with one attached hydrogen (secondary N) is 1. The van der Waals surface area contributed by atoms with Gasteiger partial charge in [0.1, 0.15) is 12.4 Å². The summed E-state index contributed by atoms with van der Waals surface area (Å²) in [5, 5.41) is 2.22. The third-order valence-electron chi connectivity index (χ3n) is 2.37. The molecule has 0 radical (unpaired) electrons. The number of carbonyl (C=O) groups is 1. The first-order valence-corrected chi connectivity index (χ1v) is 4.68. The summed E-state index contributed by atoms with van der Waals surface area (Å²) in [6, 6.07) is 1.41. The fourth-order valence-corrected chi connectivity index (χ4v) is 1.63. The Bertz CT molecular complexity index is 458. The molecule has 1 heterocycles. The molecule has 3 nitrogen and oxygen atoms in total. The lowest BCUT2D eigenvalue weighted by Gasteiger charge is -2.16. The van der Waals surface area contributed by atoms with Crippen LogP contribution in [0, 0.1) is 5.82 Å². The number of hydrogen-bond donors (Lipinski definition) is 1. The molecule has 1 fully saturated rings. The minimum atomic E-state index is -4.68. The van der Waals surface area contributed by atoms with Crippen LogP contribution in [0.3, 0.4) is 0 Å². The Morgan fingerprint density at radius 2 is 2.06 bits per heavy atom. The summed E-state index contributed by atoms with van der Waals surface area (Å²) in [5.41, 5.74) is -1.31. The molecule has 0 aliphatic carbocycles. The molecule has 17 heavy (non-hydrogen) atoms. The lowest BCUT2D eigenvalue weighted by molar-refractivity contribution is -0.138. The molecule has 0 aromatic heterocycles. The van der Waals surface area contributed by atoms with Crippen LogP contribution in [0.1, 0.15) is 17.2 Å². The number of benzene rings is 1. The van der Waals surface area contributed by atoms with E-state index in [9.17, 15) is 22.4 Å². The zero-order valence-corrected chi connectivity index (χ0v) is 8.34. The van der Waals surface area contributed by atoms with E-state index in [0.717, 1.165) is 12.1 Å². The number of carbonyl (C=O) groups excluding carboxylic acids is 1. The molecule has 1 aliphatic heterocycles. The van der Waals surface area contributed by atoms with Gasteiger partial charge >= 0.3 is 12.3 Å². The summed E-state index contributed by atoms with van der Waals surface area (Å²) in [6.07, 6.45) is -5.46. The van der Waals surface area contributed by atoms with Gasteiger partial charge in [-0.15, -0.1) is 0 Å². The van der Waals surface area contributed by atoms with Crippen molar-refractivity contribution in [3.05, 3.63) is 35.1 Å². The van der Waals surface area contributed by atoms with E-state index in [1.54, 1.807) is 0 Å². The van der Waals surface area contributed by atoms with Crippen molar-refractivity contribution in [2.24, 2.45) is 0 Å². The van der Waals surface area contributed by atoms with Gasteiger partial charge in [-0.05, 0) is 17.7 Å². The number of cyclic esters (lactones) is 1. The van der Waals surface area contributed by atoms with Crippen molar-refractivity contribution >= 4 is 6.09 Å². The van der Waals surface area contributed by atoms with Gasteiger partial charge in [0.05, 0.1) is 11.6 Å². The van der Waals surface area contributed by atoms with Gasteiger partial charge in [-0.25, -0.2) is 9.18 Å². The molecule has 1 amide bonds. The minimum absolute atomic E-state index is 0.201. The Morgan fingerprint density at radius 1 is 1.35 bits per heavy atom. The summed E-state index contributed by atoms with van der Waals surface area (Å²) in [4.78, 5) is 10.8. The minimum Gasteiger partial charge on any atom is -0.447 e. The summed E-state index contributed by atoms with van der Waals surface area (Å²) < 4.78 is 55.3. The maximum absolute atomic E-state index is 12.8. The van der Waals surface area contributed by atoms with E-state index in [0.29, 0.717) is 6.07 Å². The molecule has 1 unspecified atom stereocenters. The fraction of sp³-hybridized carbons (Fsp3) is 0.300. The molecule has 1 atom stereocenters. The molecule has 0 saturated carbocycles. The zero-order chi connectivity index (χ0) is 12.6. The summed E-state index contributed by atoms with van der Waals surface area (Å²) in [7, 11) is 0. The molecule has 92 valence electrons. The number of halogens is 4. The van der Waals surface area contributed by atoms with E-state index < -0.39 is 29.7 Å². The van der Waals surface area contributed by atoms with Gasteiger partial charge in [-0.3, -0.25) is 0 Å². The van der Waals surface area contributed by atoms with Gasteiger partial charge < -0.3 is 10.1 Å². The van der Waals surface area contributed by atoms with Crippen LogP contribution in [0.4, 0.5) is 22.4 Å². The highest BCUT2D eigenvalue weighted by atomic mass is 19.4. The zero-order valence-electron chi connectivity index (χ0n) is 8.34. The third kappa shape index (κ3) is 2.32. The van der Waals surface area contributed by atoms with E-state index in [1.807, 2.05) is 0 Å². The quantitative estimate of drug-likeness (QED) is 0.777. The van der Waals surface area contributed by atoms with Crippen molar-refractivity contribution in [3.63, 3.8) is 0 Å². The van der Waals surface area contributed by atoms with Gasteiger partial charge in [0.15, 0.2) is 0 Å². The van der Waals surface area contributed by atoms with Crippen LogP contribution < -0.4 is 5.32 Å². The number of hydrogen-bond acceptors (Lipinski definition) is 2. The monoisotopic (exact) mass is 249 g/mol. The molecule has 1 aromatic rings. The van der Waals surface area contributed by atoms with E-state index in [1.165, 1.54) is 0 Å². The van der Waals surface area contributed by atoms with E-state index >= 15 is 0 Å². The molecule has 7 heteroatoms. The Hall–Kier alpha value is -1.79. The Labute approximate surface area is 93.4 Å². The van der Waals surface area contributed by atoms with Gasteiger partial charge in [0.2, 0.25) is 0 Å². The fourth-order valence-electron chi connectivity index (χ4n) is 1.63. The van der Waals surface area contributed by atoms with Crippen molar-refractivity contribution in [2.45, 2.75) is 12.2 Å². The molecule has 2 rings (SSSR count). The van der Waals surface area contributed by atoms with Crippen LogP contribution in [-0.4, -0.2) is 12.7 Å². The highest BCUT2D eigenvalue weighted by Crippen LogP contribution is 2.36. The smallest absolute Gasteiger partial charge is 0.416 e. The lowest BCUT2D eigenvalue weighted by atomic mass is 10.0. The van der Waals surface area contributed by atoms with Crippen LogP contribution >= 0.6 is 0 Å². The van der Waals surface area contributed by atoms with Crippen molar-refractivity contribution in [3.8, 4) is 0 Å². The molecule has 1 aromatic carbocycles. The first kappa shape index (κ1) is 11.7. The lowest BCUT2D eigenvalue weighted by Crippen LogP contribution is -2.22. The third-order valence-corrected chi connectivity index (χ3v) is 2.37. The molecule has 1 aliphatic rings. The Kier molecular flexibility index (Phi) is 2.68. The maximum Gasteiger partial charge on any atom is 0.416 e. The number of amides is 1. The van der Waals surface area contributed by atoms with Gasteiger partial charge in [0, 0.05) is 0 Å². The Balaban J connectivity index is 2.43. The van der Waals surface area contributed by atoms with E-state index in [4.69, 9.17) is 0 Å². The van der Waals surface area contributed by atoms with Crippen molar-refractivity contribution in [1.29, 1.82) is 0 Å². The van der Waals surface area contributed by atoms with Crippen LogP contribution in [0.2, 0.25) is 0 Å². The van der Waals surface area contributed by atoms with Crippen LogP contribution in [0.15, 0.2) is 18.2 Å². The molecule has 0 bridgehead atoms. The average molecular weight is 249 g/mol. The largest absolute Gasteiger partial charge is 0.447 e. The molecular formula is C10H7F4NO2. The Morgan fingerprint density at radius 3 is 2.59 bits per heavy atom. The second-order valence-corrected chi connectivity index (χ2v) is 3.52. The number of ether oxygens (including phenoxy) is 1. The van der Waals surface area contributed by atoms with Crippen LogP contribution in [-0.2, 0) is 10.9 Å². The summed E-state index contributed by atoms with van der Waals surface area (Å²) in [5.74, 6) is -0.980. The van der Waals surface area contributed by atoms with Crippen molar-refractivity contribution < 1.29 is 27.1 Å². The van der Waals surface area contributed by atoms with Crippen molar-refractivity contribution in [2.75, 3.05) is 6.61 Å². The topological polar surface area (TPSA) is 38.3 Å². The normalized spacial score (nSPS) is 20.0. The van der Waals surface area contributed by atoms with Gasteiger partial charge in [-0.1, -0.05) is 6.07 Å². The molecule has 1 saturated heterocycles. The molecule has 0 spiro atoms. The standard InChI is InChI=1S/C10H7F4NO2/c11-5-1-2-6(7(3-5)10(12,13)14)8-4-17-9(16)15-8/h1-3,8H,4H2,(H,15,16). The van der Waals surface area contributed by atoms with Gasteiger partial charge in [0.25, 0.3) is 0 Å². The van der Waals surface area contributed by atoms with Crippen LogP contribution in [0.5, 0.6) is 0 Å². The predicted octanol–water partition coefficient (Wildman–Crippen LogP) is 2.63. The predicted molar refractivity (Wildman–Crippen MR) is 48.6 cm³/mol. The second-order valence-electron chi connectivity index (χ2n) is 3.52. The number of alkyl halides is 3.